The molecule has 17 heavy (non-hydrogen) atoms. The number of carbonyl (C=O) groups excluding carboxylic acids is 1. The smallest absolute Gasteiger partial charge is 0.222 e. The molecule has 0 aliphatic rings. The molecule has 0 amide bonds. The topological polar surface area (TPSA) is 66.4 Å². The van der Waals surface area contributed by atoms with Gasteiger partial charge in [0.2, 0.25) is 5.55 Å². The molecule has 0 radical (unpaired) electrons. The molecule has 1 aromatic carbocycles. The Morgan fingerprint density at radius 1 is 1.41 bits per heavy atom. The number of carbonyl (C=O) groups is 1. The Balaban J connectivity index is 2.89. The van der Waals surface area contributed by atoms with Crippen molar-refractivity contribution in [3.05, 3.63) is 41.1 Å². The lowest BCUT2D eigenvalue weighted by Crippen LogP contribution is -2.07. The van der Waals surface area contributed by atoms with Crippen molar-refractivity contribution in [3.63, 3.8) is 0 Å². The SMILES string of the molecule is Cc1oc(=NCC=O)c2ccccc2c1C#N. The van der Waals surface area contributed by atoms with Crippen LogP contribution in [-0.2, 0) is 4.79 Å². The molecule has 0 spiro atoms. The molecule has 0 atom stereocenters. The number of hydrogen-bond acceptors (Lipinski definition) is 4. The fraction of sp³-hybridized carbons (Fsp3) is 0.154. The third kappa shape index (κ3) is 1.95. The second-order valence-electron chi connectivity index (χ2n) is 3.50. The van der Waals surface area contributed by atoms with Gasteiger partial charge < -0.3 is 9.21 Å². The van der Waals surface area contributed by atoms with Gasteiger partial charge in [0.05, 0.1) is 12.1 Å². The first-order chi connectivity index (χ1) is 8.27. The van der Waals surface area contributed by atoms with Gasteiger partial charge in [0, 0.05) is 10.8 Å². The average Bonchev–Trinajstić information content (AvgIpc) is 2.36. The number of aldehydes is 1. The molecule has 84 valence electrons. The maximum atomic E-state index is 10.3. The highest BCUT2D eigenvalue weighted by molar-refractivity contribution is 5.86. The number of aryl methyl sites for hydroxylation is 1. The van der Waals surface area contributed by atoms with Crippen LogP contribution < -0.4 is 5.55 Å². The van der Waals surface area contributed by atoms with E-state index in [9.17, 15) is 4.79 Å². The van der Waals surface area contributed by atoms with Crippen LogP contribution in [0.4, 0.5) is 0 Å². The number of hydrogen-bond donors (Lipinski definition) is 0. The van der Waals surface area contributed by atoms with E-state index in [2.05, 4.69) is 11.1 Å². The van der Waals surface area contributed by atoms with E-state index in [0.29, 0.717) is 23.2 Å². The molecule has 4 heteroatoms. The Bertz CT molecular complexity index is 678. The van der Waals surface area contributed by atoms with Crippen LogP contribution in [0.25, 0.3) is 10.8 Å². The van der Waals surface area contributed by atoms with Crippen LogP contribution in [0.15, 0.2) is 33.7 Å². The van der Waals surface area contributed by atoms with Crippen molar-refractivity contribution >= 4 is 17.1 Å². The van der Waals surface area contributed by atoms with E-state index in [4.69, 9.17) is 9.68 Å². The van der Waals surface area contributed by atoms with Crippen molar-refractivity contribution in [1.29, 1.82) is 5.26 Å². The molecule has 0 aliphatic heterocycles. The van der Waals surface area contributed by atoms with Crippen LogP contribution in [-0.4, -0.2) is 12.8 Å². The number of benzene rings is 1. The molecule has 4 nitrogen and oxygen atoms in total. The zero-order chi connectivity index (χ0) is 12.3. The maximum absolute atomic E-state index is 10.3. The summed E-state index contributed by atoms with van der Waals surface area (Å²) in [5, 5.41) is 10.6. The number of rotatable bonds is 2. The predicted molar refractivity (Wildman–Crippen MR) is 62.2 cm³/mol. The summed E-state index contributed by atoms with van der Waals surface area (Å²) in [6.45, 7) is 1.77. The van der Waals surface area contributed by atoms with E-state index in [1.165, 1.54) is 0 Å². The van der Waals surface area contributed by atoms with E-state index >= 15 is 0 Å². The molecule has 1 aromatic heterocycles. The highest BCUT2D eigenvalue weighted by Crippen LogP contribution is 2.17. The third-order valence-corrected chi connectivity index (χ3v) is 2.45. The molecule has 0 bridgehead atoms. The van der Waals surface area contributed by atoms with Crippen LogP contribution in [0.2, 0.25) is 0 Å². The Morgan fingerprint density at radius 3 is 2.76 bits per heavy atom. The van der Waals surface area contributed by atoms with Gasteiger partial charge in [-0.05, 0) is 13.0 Å². The normalized spacial score (nSPS) is 11.4. The van der Waals surface area contributed by atoms with Gasteiger partial charge in [-0.2, -0.15) is 5.26 Å². The minimum atomic E-state index is 0.0544. The van der Waals surface area contributed by atoms with Crippen molar-refractivity contribution in [2.45, 2.75) is 6.92 Å². The third-order valence-electron chi connectivity index (χ3n) is 2.45. The molecular formula is C13H10N2O2. The minimum absolute atomic E-state index is 0.0544. The summed E-state index contributed by atoms with van der Waals surface area (Å²) in [4.78, 5) is 14.4. The van der Waals surface area contributed by atoms with Crippen LogP contribution >= 0.6 is 0 Å². The van der Waals surface area contributed by atoms with Crippen molar-refractivity contribution in [1.82, 2.24) is 0 Å². The van der Waals surface area contributed by atoms with Crippen molar-refractivity contribution in [3.8, 4) is 6.07 Å². The molecule has 0 aliphatic carbocycles. The van der Waals surface area contributed by atoms with Crippen molar-refractivity contribution in [2.24, 2.45) is 4.99 Å². The van der Waals surface area contributed by atoms with Gasteiger partial charge in [-0.25, -0.2) is 4.99 Å². The van der Waals surface area contributed by atoms with Gasteiger partial charge in [0.1, 0.15) is 18.1 Å². The van der Waals surface area contributed by atoms with Crippen molar-refractivity contribution < 1.29 is 9.21 Å². The highest BCUT2D eigenvalue weighted by Gasteiger charge is 2.08. The molecule has 2 rings (SSSR count). The van der Waals surface area contributed by atoms with Gasteiger partial charge in [0.15, 0.2) is 0 Å². The highest BCUT2D eigenvalue weighted by atomic mass is 16.3. The number of nitriles is 1. The number of nitrogens with zero attached hydrogens (tertiary/aromatic N) is 2. The van der Waals surface area contributed by atoms with Crippen LogP contribution in [0.1, 0.15) is 11.3 Å². The standard InChI is InChI=1S/C13H10N2O2/c1-9-12(8-14)10-4-2-3-5-11(10)13(17-9)15-6-7-16/h2-5,7H,6H2,1H3. The lowest BCUT2D eigenvalue weighted by Gasteiger charge is -2.03. The van der Waals surface area contributed by atoms with Gasteiger partial charge in [-0.1, -0.05) is 18.2 Å². The Labute approximate surface area is 97.8 Å². The summed E-state index contributed by atoms with van der Waals surface area (Å²) in [5.74, 6) is 0.510. The lowest BCUT2D eigenvalue weighted by molar-refractivity contribution is -0.106. The van der Waals surface area contributed by atoms with Gasteiger partial charge in [0.25, 0.3) is 0 Å². The Kier molecular flexibility index (Phi) is 3.01. The maximum Gasteiger partial charge on any atom is 0.222 e. The Morgan fingerprint density at radius 2 is 2.12 bits per heavy atom. The summed E-state index contributed by atoms with van der Waals surface area (Å²) in [6.07, 6.45) is 0.706. The molecular weight excluding hydrogens is 216 g/mol. The first-order valence-electron chi connectivity index (χ1n) is 5.14. The van der Waals surface area contributed by atoms with Crippen LogP contribution in [0, 0.1) is 18.3 Å². The molecule has 0 N–H and O–H groups in total. The largest absolute Gasteiger partial charge is 0.442 e. The lowest BCUT2D eigenvalue weighted by atomic mass is 10.1. The van der Waals surface area contributed by atoms with E-state index < -0.39 is 0 Å². The second kappa shape index (κ2) is 4.62. The summed E-state index contributed by atoms with van der Waals surface area (Å²) < 4.78 is 5.47. The molecule has 0 saturated heterocycles. The zero-order valence-electron chi connectivity index (χ0n) is 9.30. The minimum Gasteiger partial charge on any atom is -0.442 e. The van der Waals surface area contributed by atoms with E-state index in [1.807, 2.05) is 24.3 Å². The summed E-state index contributed by atoms with van der Waals surface area (Å²) in [7, 11) is 0. The van der Waals surface area contributed by atoms with Crippen LogP contribution in [0.3, 0.4) is 0 Å². The van der Waals surface area contributed by atoms with E-state index in [-0.39, 0.29) is 6.54 Å². The number of fused-ring (bicyclic) bond motifs is 1. The average molecular weight is 226 g/mol. The molecule has 0 unspecified atom stereocenters. The van der Waals surface area contributed by atoms with Gasteiger partial charge in [-0.15, -0.1) is 0 Å². The molecule has 0 saturated carbocycles. The van der Waals surface area contributed by atoms with Crippen LogP contribution in [0.5, 0.6) is 0 Å². The monoisotopic (exact) mass is 226 g/mol. The van der Waals surface area contributed by atoms with E-state index in [1.54, 1.807) is 6.92 Å². The first kappa shape index (κ1) is 11.1. The van der Waals surface area contributed by atoms with Gasteiger partial charge >= 0.3 is 0 Å². The quantitative estimate of drug-likeness (QED) is 0.732. The second-order valence-corrected chi connectivity index (χ2v) is 3.50. The first-order valence-corrected chi connectivity index (χ1v) is 5.14. The molecule has 2 aromatic rings. The van der Waals surface area contributed by atoms with E-state index in [0.717, 1.165) is 10.8 Å². The summed E-state index contributed by atoms with van der Waals surface area (Å²) >= 11 is 0. The molecule has 1 heterocycles. The summed E-state index contributed by atoms with van der Waals surface area (Å²) in [6, 6.07) is 9.48. The van der Waals surface area contributed by atoms with Crippen molar-refractivity contribution in [2.75, 3.05) is 6.54 Å². The predicted octanol–water partition coefficient (Wildman–Crippen LogP) is 1.71. The fourth-order valence-electron chi connectivity index (χ4n) is 1.70. The fourth-order valence-corrected chi connectivity index (χ4v) is 1.70. The zero-order valence-corrected chi connectivity index (χ0v) is 9.30. The summed E-state index contributed by atoms with van der Waals surface area (Å²) in [5.41, 5.74) is 0.898. The Hall–Kier alpha value is -2.41. The molecule has 0 fully saturated rings. The van der Waals surface area contributed by atoms with Gasteiger partial charge in [-0.3, -0.25) is 0 Å².